The first-order valence-corrected chi connectivity index (χ1v) is 9.23. The van der Waals surface area contributed by atoms with Crippen LogP contribution in [0.1, 0.15) is 33.9 Å². The second-order valence-corrected chi connectivity index (χ2v) is 7.53. The number of ether oxygens (including phenoxy) is 1. The highest BCUT2D eigenvalue weighted by Crippen LogP contribution is 2.51. The summed E-state index contributed by atoms with van der Waals surface area (Å²) in [5, 5.41) is 16.5. The molecule has 2 aliphatic rings. The molecular weight excluding hydrogens is 334 g/mol. The molecule has 6 heteroatoms. The van der Waals surface area contributed by atoms with Gasteiger partial charge in [0.1, 0.15) is 16.8 Å². The van der Waals surface area contributed by atoms with Gasteiger partial charge in [-0.25, -0.2) is 0 Å². The second-order valence-electron chi connectivity index (χ2n) is 6.43. The van der Waals surface area contributed by atoms with Crippen LogP contribution in [0.15, 0.2) is 24.3 Å². The number of para-hydroxylation sites is 1. The molecule has 25 heavy (non-hydrogen) atoms. The molecule has 4 rings (SSSR count). The number of amides is 1. The van der Waals surface area contributed by atoms with E-state index in [1.165, 1.54) is 11.3 Å². The van der Waals surface area contributed by atoms with Crippen molar-refractivity contribution in [3.63, 3.8) is 0 Å². The van der Waals surface area contributed by atoms with Crippen molar-refractivity contribution in [2.75, 3.05) is 19.0 Å². The lowest BCUT2D eigenvalue weighted by Crippen LogP contribution is -2.22. The number of fused-ring (bicyclic) bond motifs is 1. The molecule has 2 N–H and O–H groups in total. The molecule has 1 aromatic carbocycles. The van der Waals surface area contributed by atoms with Crippen molar-refractivity contribution in [3.05, 3.63) is 45.8 Å². The topological polar surface area (TPSA) is 74.1 Å². The molecule has 0 saturated heterocycles. The normalized spacial score (nSPS) is 21.1. The van der Waals surface area contributed by atoms with Gasteiger partial charge in [-0.1, -0.05) is 18.2 Å². The molecule has 1 aliphatic carbocycles. The lowest BCUT2D eigenvalue weighted by molar-refractivity contribution is -0.117. The Morgan fingerprint density at radius 3 is 3.08 bits per heavy atom. The SMILES string of the molecule is COc1ccccc1C1CC1C(=O)Nc1sc2c(c1C#N)CCNC2. The van der Waals surface area contributed by atoms with Crippen molar-refractivity contribution < 1.29 is 9.53 Å². The van der Waals surface area contributed by atoms with Crippen molar-refractivity contribution >= 4 is 22.2 Å². The first-order valence-electron chi connectivity index (χ1n) is 8.42. The smallest absolute Gasteiger partial charge is 0.228 e. The standard InChI is InChI=1S/C19H19N3O2S/c1-24-16-5-3-2-4-11(16)13-8-14(13)18(23)22-19-15(9-20)12-6-7-21-10-17(12)25-19/h2-5,13-14,21H,6-8,10H2,1H3,(H,22,23). The molecule has 0 radical (unpaired) electrons. The minimum atomic E-state index is -0.0555. The molecule has 0 spiro atoms. The van der Waals surface area contributed by atoms with Gasteiger partial charge in [0.15, 0.2) is 0 Å². The first kappa shape index (κ1) is 16.1. The molecule has 1 fully saturated rings. The Bertz CT molecular complexity index is 868. The zero-order chi connectivity index (χ0) is 17.4. The third kappa shape index (κ3) is 2.90. The van der Waals surface area contributed by atoms with Crippen LogP contribution in [0, 0.1) is 17.2 Å². The molecule has 5 nitrogen and oxygen atoms in total. The number of benzene rings is 1. The quantitative estimate of drug-likeness (QED) is 0.886. The first-order chi connectivity index (χ1) is 12.2. The number of anilines is 1. The van der Waals surface area contributed by atoms with E-state index in [1.54, 1.807) is 7.11 Å². The fourth-order valence-corrected chi connectivity index (χ4v) is 4.72. The summed E-state index contributed by atoms with van der Waals surface area (Å²) in [5.41, 5.74) is 2.82. The summed E-state index contributed by atoms with van der Waals surface area (Å²) < 4.78 is 5.40. The van der Waals surface area contributed by atoms with Crippen molar-refractivity contribution in [3.8, 4) is 11.8 Å². The predicted octanol–water partition coefficient (Wildman–Crippen LogP) is 3.02. The molecule has 1 aromatic heterocycles. The molecular formula is C19H19N3O2S. The molecule has 0 bridgehead atoms. The van der Waals surface area contributed by atoms with Gasteiger partial charge in [-0.15, -0.1) is 11.3 Å². The summed E-state index contributed by atoms with van der Waals surface area (Å²) in [7, 11) is 1.65. The van der Waals surface area contributed by atoms with E-state index in [0.717, 1.165) is 47.7 Å². The third-order valence-electron chi connectivity index (χ3n) is 4.94. The Kier molecular flexibility index (Phi) is 4.20. The van der Waals surface area contributed by atoms with E-state index in [9.17, 15) is 10.1 Å². The number of carbonyl (C=O) groups is 1. The van der Waals surface area contributed by atoms with E-state index in [2.05, 4.69) is 16.7 Å². The van der Waals surface area contributed by atoms with E-state index < -0.39 is 0 Å². The maximum Gasteiger partial charge on any atom is 0.228 e. The van der Waals surface area contributed by atoms with Crippen LogP contribution in [0.25, 0.3) is 0 Å². The number of nitrogens with zero attached hydrogens (tertiary/aromatic N) is 1. The van der Waals surface area contributed by atoms with Gasteiger partial charge >= 0.3 is 0 Å². The van der Waals surface area contributed by atoms with Gasteiger partial charge in [0.2, 0.25) is 5.91 Å². The van der Waals surface area contributed by atoms with Crippen LogP contribution in [-0.4, -0.2) is 19.6 Å². The van der Waals surface area contributed by atoms with Gasteiger partial charge in [0, 0.05) is 17.3 Å². The van der Waals surface area contributed by atoms with Crippen LogP contribution in [0.5, 0.6) is 5.75 Å². The van der Waals surface area contributed by atoms with Crippen LogP contribution >= 0.6 is 11.3 Å². The van der Waals surface area contributed by atoms with Crippen LogP contribution in [0.2, 0.25) is 0 Å². The summed E-state index contributed by atoms with van der Waals surface area (Å²) >= 11 is 1.52. The second kappa shape index (κ2) is 6.51. The van der Waals surface area contributed by atoms with Gasteiger partial charge in [-0.3, -0.25) is 4.79 Å². The fraction of sp³-hybridized carbons (Fsp3) is 0.368. The van der Waals surface area contributed by atoms with Gasteiger partial charge in [0.05, 0.1) is 12.7 Å². The molecule has 1 saturated carbocycles. The monoisotopic (exact) mass is 353 g/mol. The largest absolute Gasteiger partial charge is 0.496 e. The van der Waals surface area contributed by atoms with Crippen LogP contribution in [0.4, 0.5) is 5.00 Å². The van der Waals surface area contributed by atoms with Crippen molar-refractivity contribution in [2.45, 2.75) is 25.3 Å². The highest BCUT2D eigenvalue weighted by atomic mass is 32.1. The number of thiophene rings is 1. The summed E-state index contributed by atoms with van der Waals surface area (Å²) in [5.74, 6) is 0.968. The molecule has 2 atom stereocenters. The van der Waals surface area contributed by atoms with Gasteiger partial charge < -0.3 is 15.4 Å². The number of nitrogens with one attached hydrogen (secondary N) is 2. The van der Waals surface area contributed by atoms with Crippen molar-refractivity contribution in [2.24, 2.45) is 5.92 Å². The summed E-state index contributed by atoms with van der Waals surface area (Å²) in [6.45, 7) is 1.65. The Balaban J connectivity index is 1.51. The number of hydrogen-bond donors (Lipinski definition) is 2. The van der Waals surface area contributed by atoms with E-state index >= 15 is 0 Å². The number of methoxy groups -OCH3 is 1. The number of nitriles is 1. The Morgan fingerprint density at radius 2 is 2.28 bits per heavy atom. The molecule has 1 aliphatic heterocycles. The maximum atomic E-state index is 12.7. The van der Waals surface area contributed by atoms with E-state index in [1.807, 2.05) is 24.3 Å². The van der Waals surface area contributed by atoms with Gasteiger partial charge in [-0.2, -0.15) is 5.26 Å². The van der Waals surface area contributed by atoms with E-state index in [4.69, 9.17) is 4.74 Å². The van der Waals surface area contributed by atoms with Crippen molar-refractivity contribution in [1.82, 2.24) is 5.32 Å². The highest BCUT2D eigenvalue weighted by Gasteiger charge is 2.45. The fourth-order valence-electron chi connectivity index (χ4n) is 3.55. The molecule has 2 unspecified atom stereocenters. The summed E-state index contributed by atoms with van der Waals surface area (Å²) in [6.07, 6.45) is 1.67. The van der Waals surface area contributed by atoms with E-state index in [0.29, 0.717) is 10.6 Å². The predicted molar refractivity (Wildman–Crippen MR) is 96.9 cm³/mol. The molecule has 2 aromatic rings. The highest BCUT2D eigenvalue weighted by molar-refractivity contribution is 7.16. The van der Waals surface area contributed by atoms with Crippen LogP contribution in [-0.2, 0) is 17.8 Å². The zero-order valence-corrected chi connectivity index (χ0v) is 14.8. The molecule has 1 amide bonds. The maximum absolute atomic E-state index is 12.7. The zero-order valence-electron chi connectivity index (χ0n) is 14.0. The minimum Gasteiger partial charge on any atom is -0.496 e. The number of carbonyl (C=O) groups excluding carboxylic acids is 1. The minimum absolute atomic E-state index is 0.000961. The van der Waals surface area contributed by atoms with Gasteiger partial charge in [-0.05, 0) is 42.5 Å². The van der Waals surface area contributed by atoms with Gasteiger partial charge in [0.25, 0.3) is 0 Å². The number of hydrogen-bond acceptors (Lipinski definition) is 5. The molecule has 128 valence electrons. The molecule has 2 heterocycles. The Hall–Kier alpha value is -2.36. The lowest BCUT2D eigenvalue weighted by atomic mass is 10.0. The van der Waals surface area contributed by atoms with Crippen LogP contribution in [0.3, 0.4) is 0 Å². The summed E-state index contributed by atoms with van der Waals surface area (Å²) in [6, 6.07) is 10.1. The van der Waals surface area contributed by atoms with Crippen molar-refractivity contribution in [1.29, 1.82) is 5.26 Å². The van der Waals surface area contributed by atoms with E-state index in [-0.39, 0.29) is 17.7 Å². The van der Waals surface area contributed by atoms with Crippen LogP contribution < -0.4 is 15.4 Å². The Morgan fingerprint density at radius 1 is 1.44 bits per heavy atom. The lowest BCUT2D eigenvalue weighted by Gasteiger charge is -2.11. The average molecular weight is 353 g/mol. The Labute approximate surface area is 150 Å². The third-order valence-corrected chi connectivity index (χ3v) is 6.09. The average Bonchev–Trinajstić information content (AvgIpc) is 3.37. The summed E-state index contributed by atoms with van der Waals surface area (Å²) in [4.78, 5) is 13.8. The number of rotatable bonds is 4.